The van der Waals surface area contributed by atoms with Crippen molar-refractivity contribution in [1.82, 2.24) is 10.3 Å². The average Bonchev–Trinajstić information content (AvgIpc) is 3.18. The summed E-state index contributed by atoms with van der Waals surface area (Å²) in [6.07, 6.45) is 3.09. The van der Waals surface area contributed by atoms with Crippen LogP contribution in [0.5, 0.6) is 11.5 Å². The standard InChI is InChI=1S/C23H28N2O4/c1-27-10-6-9-24-23(26)14-20(16-11-17(28-2)13-18(12-16)29-3)21-15-25-22-8-5-4-7-19(21)22/h4-5,7-8,11-13,15,20,25H,6,9-10,14H2,1-3H3,(H,24,26). The van der Waals surface area contributed by atoms with Gasteiger partial charge in [-0.3, -0.25) is 4.79 Å². The summed E-state index contributed by atoms with van der Waals surface area (Å²) in [7, 11) is 4.91. The highest BCUT2D eigenvalue weighted by Gasteiger charge is 2.22. The van der Waals surface area contributed by atoms with E-state index in [9.17, 15) is 4.79 Å². The maximum absolute atomic E-state index is 12.7. The zero-order valence-electron chi connectivity index (χ0n) is 17.2. The molecule has 0 spiro atoms. The van der Waals surface area contributed by atoms with Crippen molar-refractivity contribution in [2.45, 2.75) is 18.8 Å². The van der Waals surface area contributed by atoms with Gasteiger partial charge in [-0.2, -0.15) is 0 Å². The van der Waals surface area contributed by atoms with Gasteiger partial charge in [0, 0.05) is 55.8 Å². The van der Waals surface area contributed by atoms with E-state index >= 15 is 0 Å². The highest BCUT2D eigenvalue weighted by atomic mass is 16.5. The van der Waals surface area contributed by atoms with E-state index < -0.39 is 0 Å². The number of rotatable bonds is 10. The Balaban J connectivity index is 1.95. The van der Waals surface area contributed by atoms with Crippen LogP contribution in [-0.2, 0) is 9.53 Å². The van der Waals surface area contributed by atoms with Crippen molar-refractivity contribution in [1.29, 1.82) is 0 Å². The Morgan fingerprint density at radius 2 is 1.79 bits per heavy atom. The van der Waals surface area contributed by atoms with Gasteiger partial charge in [-0.15, -0.1) is 0 Å². The zero-order chi connectivity index (χ0) is 20.6. The second-order valence-corrected chi connectivity index (χ2v) is 6.89. The van der Waals surface area contributed by atoms with Crippen LogP contribution in [0.3, 0.4) is 0 Å². The molecule has 0 saturated carbocycles. The number of carbonyl (C=O) groups excluding carboxylic acids is 1. The fourth-order valence-corrected chi connectivity index (χ4v) is 3.52. The van der Waals surface area contributed by atoms with E-state index in [0.29, 0.717) is 31.1 Å². The van der Waals surface area contributed by atoms with Gasteiger partial charge in [-0.1, -0.05) is 18.2 Å². The van der Waals surface area contributed by atoms with Crippen LogP contribution in [0.1, 0.15) is 29.9 Å². The molecule has 0 aliphatic rings. The van der Waals surface area contributed by atoms with Crippen molar-refractivity contribution in [3.63, 3.8) is 0 Å². The number of methoxy groups -OCH3 is 3. The summed E-state index contributed by atoms with van der Waals surface area (Å²) in [5.41, 5.74) is 3.09. The maximum atomic E-state index is 12.7. The predicted molar refractivity (Wildman–Crippen MR) is 114 cm³/mol. The third kappa shape index (κ3) is 5.09. The molecule has 154 valence electrons. The molecule has 3 rings (SSSR count). The van der Waals surface area contributed by atoms with Gasteiger partial charge >= 0.3 is 0 Å². The number of benzene rings is 2. The molecule has 6 heteroatoms. The summed E-state index contributed by atoms with van der Waals surface area (Å²) in [4.78, 5) is 16.0. The topological polar surface area (TPSA) is 72.6 Å². The number of carbonyl (C=O) groups is 1. The van der Waals surface area contributed by atoms with Crippen molar-refractivity contribution < 1.29 is 19.0 Å². The molecule has 1 heterocycles. The van der Waals surface area contributed by atoms with Crippen LogP contribution in [0.4, 0.5) is 0 Å². The monoisotopic (exact) mass is 396 g/mol. The average molecular weight is 396 g/mol. The number of H-pyrrole nitrogens is 1. The van der Waals surface area contributed by atoms with E-state index in [2.05, 4.69) is 16.4 Å². The number of hydrogen-bond donors (Lipinski definition) is 2. The first-order valence-corrected chi connectivity index (χ1v) is 9.71. The molecule has 0 bridgehead atoms. The predicted octanol–water partition coefficient (Wildman–Crippen LogP) is 3.86. The van der Waals surface area contributed by atoms with E-state index in [-0.39, 0.29) is 11.8 Å². The van der Waals surface area contributed by atoms with Crippen LogP contribution in [0.2, 0.25) is 0 Å². The molecule has 0 fully saturated rings. The number of aromatic amines is 1. The summed E-state index contributed by atoms with van der Waals surface area (Å²) in [6.45, 7) is 1.22. The molecule has 1 unspecified atom stereocenters. The number of aromatic nitrogens is 1. The summed E-state index contributed by atoms with van der Waals surface area (Å²) < 4.78 is 15.9. The van der Waals surface area contributed by atoms with Gasteiger partial charge in [0.2, 0.25) is 5.91 Å². The molecule has 29 heavy (non-hydrogen) atoms. The van der Waals surface area contributed by atoms with E-state index in [1.54, 1.807) is 21.3 Å². The Morgan fingerprint density at radius 3 is 2.48 bits per heavy atom. The van der Waals surface area contributed by atoms with Crippen LogP contribution >= 0.6 is 0 Å². The number of ether oxygens (including phenoxy) is 3. The second-order valence-electron chi connectivity index (χ2n) is 6.89. The quantitative estimate of drug-likeness (QED) is 0.511. The van der Waals surface area contributed by atoms with Gasteiger partial charge in [0.1, 0.15) is 11.5 Å². The lowest BCUT2D eigenvalue weighted by atomic mass is 9.87. The molecule has 0 radical (unpaired) electrons. The third-order valence-electron chi connectivity index (χ3n) is 5.01. The Bertz CT molecular complexity index is 929. The largest absolute Gasteiger partial charge is 0.497 e. The van der Waals surface area contributed by atoms with Gasteiger partial charge in [-0.25, -0.2) is 0 Å². The molecule has 0 aliphatic heterocycles. The maximum Gasteiger partial charge on any atom is 0.220 e. The summed E-state index contributed by atoms with van der Waals surface area (Å²) in [5, 5.41) is 4.10. The molecule has 3 aromatic rings. The molecule has 2 N–H and O–H groups in total. The molecule has 2 aromatic carbocycles. The molecule has 0 saturated heterocycles. The lowest BCUT2D eigenvalue weighted by Crippen LogP contribution is -2.27. The molecular weight excluding hydrogens is 368 g/mol. The molecule has 1 atom stereocenters. The number of hydrogen-bond acceptors (Lipinski definition) is 4. The summed E-state index contributed by atoms with van der Waals surface area (Å²) >= 11 is 0. The number of para-hydroxylation sites is 1. The van der Waals surface area contributed by atoms with E-state index in [1.807, 2.05) is 42.6 Å². The lowest BCUT2D eigenvalue weighted by Gasteiger charge is -2.19. The molecule has 1 aromatic heterocycles. The zero-order valence-corrected chi connectivity index (χ0v) is 17.2. The van der Waals surface area contributed by atoms with Gasteiger partial charge in [0.25, 0.3) is 0 Å². The van der Waals surface area contributed by atoms with Gasteiger partial charge in [-0.05, 0) is 35.7 Å². The fourth-order valence-electron chi connectivity index (χ4n) is 3.52. The van der Waals surface area contributed by atoms with Crippen molar-refractivity contribution in [3.05, 3.63) is 59.8 Å². The minimum atomic E-state index is -0.141. The molecule has 6 nitrogen and oxygen atoms in total. The second kappa shape index (κ2) is 9.98. The fraction of sp³-hybridized carbons (Fsp3) is 0.348. The highest BCUT2D eigenvalue weighted by Crippen LogP contribution is 2.36. The lowest BCUT2D eigenvalue weighted by molar-refractivity contribution is -0.121. The first-order valence-electron chi connectivity index (χ1n) is 9.71. The van der Waals surface area contributed by atoms with Crippen molar-refractivity contribution >= 4 is 16.8 Å². The molecule has 1 amide bonds. The minimum Gasteiger partial charge on any atom is -0.497 e. The van der Waals surface area contributed by atoms with Gasteiger partial charge in [0.05, 0.1) is 14.2 Å². The Labute approximate surface area is 171 Å². The van der Waals surface area contributed by atoms with Crippen LogP contribution < -0.4 is 14.8 Å². The van der Waals surface area contributed by atoms with Crippen molar-refractivity contribution in [2.75, 3.05) is 34.5 Å². The first kappa shape index (κ1) is 20.7. The normalized spacial score (nSPS) is 12.0. The number of fused-ring (bicyclic) bond motifs is 1. The third-order valence-corrected chi connectivity index (χ3v) is 5.01. The van der Waals surface area contributed by atoms with Crippen LogP contribution in [0.15, 0.2) is 48.7 Å². The molecular formula is C23H28N2O4. The smallest absolute Gasteiger partial charge is 0.220 e. The van der Waals surface area contributed by atoms with E-state index in [1.165, 1.54) is 0 Å². The van der Waals surface area contributed by atoms with Crippen molar-refractivity contribution in [2.24, 2.45) is 0 Å². The Kier molecular flexibility index (Phi) is 7.14. The van der Waals surface area contributed by atoms with E-state index in [0.717, 1.165) is 28.5 Å². The molecule has 0 aliphatic carbocycles. The van der Waals surface area contributed by atoms with Gasteiger partial charge in [0.15, 0.2) is 0 Å². The Hall–Kier alpha value is -2.99. The van der Waals surface area contributed by atoms with Crippen molar-refractivity contribution in [3.8, 4) is 11.5 Å². The van der Waals surface area contributed by atoms with Gasteiger partial charge < -0.3 is 24.5 Å². The summed E-state index contributed by atoms with van der Waals surface area (Å²) in [6, 6.07) is 13.9. The Morgan fingerprint density at radius 1 is 1.07 bits per heavy atom. The highest BCUT2D eigenvalue weighted by molar-refractivity contribution is 5.86. The minimum absolute atomic E-state index is 0.00169. The van der Waals surface area contributed by atoms with Crippen LogP contribution in [0, 0.1) is 0 Å². The van der Waals surface area contributed by atoms with Crippen LogP contribution in [0.25, 0.3) is 10.9 Å². The first-order chi connectivity index (χ1) is 14.2. The van der Waals surface area contributed by atoms with Crippen LogP contribution in [-0.4, -0.2) is 45.4 Å². The summed E-state index contributed by atoms with van der Waals surface area (Å²) in [5.74, 6) is 1.25. The SMILES string of the molecule is COCCCNC(=O)CC(c1cc(OC)cc(OC)c1)c1c[nH]c2ccccc12. The number of amides is 1. The van der Waals surface area contributed by atoms with E-state index in [4.69, 9.17) is 14.2 Å². The number of nitrogens with one attached hydrogen (secondary N) is 2.